The highest BCUT2D eigenvalue weighted by molar-refractivity contribution is 5.94. The standard InChI is InChI=1S/C25H34N2O3/c1-16(27-17(2)24(25(28)29)22-6-4-3-5-7-23(22)27)18-8-10-19(11-9-18)26-14-21(15-26)30-20-12-13-20/h3-6,16,18-21H,7-15H2,1-2H3,(H,28,29)/t16-,18?,19?/m1/s1. The van der Waals surface area contributed by atoms with Gasteiger partial charge in [0.1, 0.15) is 0 Å². The molecule has 4 aliphatic rings. The van der Waals surface area contributed by atoms with Crippen LogP contribution in [-0.2, 0) is 11.2 Å². The number of carboxylic acids is 1. The molecule has 5 nitrogen and oxygen atoms in total. The molecule has 1 N–H and O–H groups in total. The first-order valence-electron chi connectivity index (χ1n) is 11.7. The first-order chi connectivity index (χ1) is 14.5. The number of aromatic carboxylic acids is 1. The van der Waals surface area contributed by atoms with Gasteiger partial charge < -0.3 is 14.4 Å². The topological polar surface area (TPSA) is 54.7 Å². The van der Waals surface area contributed by atoms with E-state index in [4.69, 9.17) is 4.74 Å². The average Bonchev–Trinajstić information content (AvgIpc) is 3.50. The van der Waals surface area contributed by atoms with Crippen LogP contribution in [0.1, 0.15) is 78.8 Å². The molecule has 5 heteroatoms. The maximum absolute atomic E-state index is 12.0. The van der Waals surface area contributed by atoms with E-state index in [2.05, 4.69) is 22.5 Å². The molecular formula is C25H34N2O3. The summed E-state index contributed by atoms with van der Waals surface area (Å²) in [5.41, 5.74) is 3.44. The lowest BCUT2D eigenvalue weighted by Crippen LogP contribution is -2.57. The number of carboxylic acid groups (broad SMARTS) is 1. The van der Waals surface area contributed by atoms with Crippen LogP contribution in [0.15, 0.2) is 18.2 Å². The van der Waals surface area contributed by atoms with Crippen molar-refractivity contribution in [2.24, 2.45) is 5.92 Å². The van der Waals surface area contributed by atoms with Crippen LogP contribution in [0.5, 0.6) is 0 Å². The van der Waals surface area contributed by atoms with Gasteiger partial charge in [-0.05, 0) is 58.3 Å². The van der Waals surface area contributed by atoms with Crippen LogP contribution in [0.3, 0.4) is 0 Å². The van der Waals surface area contributed by atoms with Crippen molar-refractivity contribution in [1.82, 2.24) is 9.47 Å². The van der Waals surface area contributed by atoms with Crippen molar-refractivity contribution in [3.8, 4) is 0 Å². The number of ether oxygens (including phenoxy) is 1. The Morgan fingerprint density at radius 3 is 2.50 bits per heavy atom. The lowest BCUT2D eigenvalue weighted by molar-refractivity contribution is -0.0864. The van der Waals surface area contributed by atoms with Gasteiger partial charge in [-0.15, -0.1) is 0 Å². The van der Waals surface area contributed by atoms with E-state index in [-0.39, 0.29) is 0 Å². The number of allylic oxidation sites excluding steroid dienone is 3. The fourth-order valence-electron chi connectivity index (χ4n) is 5.90. The Hall–Kier alpha value is -1.85. The van der Waals surface area contributed by atoms with E-state index in [1.807, 2.05) is 25.2 Å². The van der Waals surface area contributed by atoms with Crippen LogP contribution in [-0.4, -0.2) is 51.9 Å². The summed E-state index contributed by atoms with van der Waals surface area (Å²) in [5.74, 6) is -0.209. The minimum absolute atomic E-state index is 0.329. The van der Waals surface area contributed by atoms with Crippen molar-refractivity contribution in [3.05, 3.63) is 40.7 Å². The molecule has 0 bridgehead atoms. The van der Waals surface area contributed by atoms with Gasteiger partial charge in [0.2, 0.25) is 0 Å². The summed E-state index contributed by atoms with van der Waals surface area (Å²) < 4.78 is 8.37. The number of rotatable bonds is 6. The average molecular weight is 411 g/mol. The van der Waals surface area contributed by atoms with Gasteiger partial charge in [0.15, 0.2) is 0 Å². The zero-order valence-electron chi connectivity index (χ0n) is 18.2. The molecule has 1 atom stereocenters. The van der Waals surface area contributed by atoms with Crippen LogP contribution in [0.25, 0.3) is 6.08 Å². The number of hydrogen-bond acceptors (Lipinski definition) is 3. The van der Waals surface area contributed by atoms with E-state index in [1.165, 1.54) is 38.5 Å². The second-order valence-corrected chi connectivity index (χ2v) is 9.71. The molecule has 0 amide bonds. The van der Waals surface area contributed by atoms with E-state index in [1.54, 1.807) is 0 Å². The maximum Gasteiger partial charge on any atom is 0.338 e. The van der Waals surface area contributed by atoms with Gasteiger partial charge in [0.25, 0.3) is 0 Å². The van der Waals surface area contributed by atoms with E-state index < -0.39 is 5.97 Å². The molecule has 3 fully saturated rings. The van der Waals surface area contributed by atoms with E-state index in [0.29, 0.717) is 35.8 Å². The third-order valence-corrected chi connectivity index (χ3v) is 7.76. The first kappa shape index (κ1) is 20.1. The number of aromatic nitrogens is 1. The van der Waals surface area contributed by atoms with Gasteiger partial charge in [-0.25, -0.2) is 4.79 Å². The number of fused-ring (bicyclic) bond motifs is 1. The van der Waals surface area contributed by atoms with Gasteiger partial charge in [-0.2, -0.15) is 0 Å². The highest BCUT2D eigenvalue weighted by Crippen LogP contribution is 2.40. The Balaban J connectivity index is 1.26. The molecule has 2 heterocycles. The zero-order valence-corrected chi connectivity index (χ0v) is 18.2. The van der Waals surface area contributed by atoms with Crippen molar-refractivity contribution in [1.29, 1.82) is 0 Å². The van der Waals surface area contributed by atoms with Crippen molar-refractivity contribution in [2.75, 3.05) is 13.1 Å². The summed E-state index contributed by atoms with van der Waals surface area (Å²) in [6.07, 6.45) is 17.4. The highest BCUT2D eigenvalue weighted by atomic mass is 16.5. The molecule has 1 aliphatic heterocycles. The molecule has 0 radical (unpaired) electrons. The molecule has 0 spiro atoms. The van der Waals surface area contributed by atoms with Gasteiger partial charge >= 0.3 is 5.97 Å². The molecule has 1 aromatic rings. The van der Waals surface area contributed by atoms with Gasteiger partial charge in [-0.1, -0.05) is 24.3 Å². The lowest BCUT2D eigenvalue weighted by atomic mass is 9.80. The molecule has 162 valence electrons. The van der Waals surface area contributed by atoms with E-state index in [9.17, 15) is 9.90 Å². The Morgan fingerprint density at radius 1 is 1.10 bits per heavy atom. The predicted molar refractivity (Wildman–Crippen MR) is 118 cm³/mol. The molecule has 30 heavy (non-hydrogen) atoms. The monoisotopic (exact) mass is 410 g/mol. The van der Waals surface area contributed by atoms with Crippen LogP contribution in [0, 0.1) is 12.8 Å². The summed E-state index contributed by atoms with van der Waals surface area (Å²) in [6.45, 7) is 6.52. The summed E-state index contributed by atoms with van der Waals surface area (Å²) in [5, 5.41) is 9.84. The van der Waals surface area contributed by atoms with Crippen LogP contribution in [0.2, 0.25) is 0 Å². The number of carbonyl (C=O) groups is 1. The minimum Gasteiger partial charge on any atom is -0.478 e. The number of hydrogen-bond donors (Lipinski definition) is 1. The summed E-state index contributed by atoms with van der Waals surface area (Å²) >= 11 is 0. The molecule has 5 rings (SSSR count). The van der Waals surface area contributed by atoms with E-state index in [0.717, 1.165) is 36.5 Å². The molecule has 1 saturated heterocycles. The highest BCUT2D eigenvalue weighted by Gasteiger charge is 2.39. The van der Waals surface area contributed by atoms with Crippen LogP contribution >= 0.6 is 0 Å². The molecular weight excluding hydrogens is 376 g/mol. The summed E-state index contributed by atoms with van der Waals surface area (Å²) in [6, 6.07) is 1.03. The molecule has 3 aliphatic carbocycles. The molecule has 0 aromatic carbocycles. The maximum atomic E-state index is 12.0. The van der Waals surface area contributed by atoms with Crippen molar-refractivity contribution >= 4 is 12.0 Å². The number of likely N-dealkylation sites (tertiary alicyclic amines) is 1. The van der Waals surface area contributed by atoms with Gasteiger partial charge in [0.05, 0.1) is 17.8 Å². The fraction of sp³-hybridized carbons (Fsp3) is 0.640. The third-order valence-electron chi connectivity index (χ3n) is 7.76. The smallest absolute Gasteiger partial charge is 0.338 e. The SMILES string of the molecule is Cc1c(C(=O)O)c2c(n1[C@H](C)C1CCC(N3CC(OC4CC4)C3)CC1)CC=CC=C2. The second-order valence-electron chi connectivity index (χ2n) is 9.71. The van der Waals surface area contributed by atoms with Crippen molar-refractivity contribution < 1.29 is 14.6 Å². The quantitative estimate of drug-likeness (QED) is 0.744. The number of nitrogens with zero attached hydrogens (tertiary/aromatic N) is 2. The predicted octanol–water partition coefficient (Wildman–Crippen LogP) is 4.60. The van der Waals surface area contributed by atoms with Gasteiger partial charge in [0, 0.05) is 48.5 Å². The summed E-state index contributed by atoms with van der Waals surface area (Å²) in [7, 11) is 0. The molecule has 0 unspecified atom stereocenters. The van der Waals surface area contributed by atoms with Crippen molar-refractivity contribution in [2.45, 2.75) is 83.1 Å². The van der Waals surface area contributed by atoms with Crippen LogP contribution in [0.4, 0.5) is 0 Å². The largest absolute Gasteiger partial charge is 0.478 e. The fourth-order valence-corrected chi connectivity index (χ4v) is 5.90. The molecule has 2 saturated carbocycles. The van der Waals surface area contributed by atoms with Crippen molar-refractivity contribution in [3.63, 3.8) is 0 Å². The first-order valence-corrected chi connectivity index (χ1v) is 11.7. The molecule has 1 aromatic heterocycles. The Kier molecular flexibility index (Phi) is 5.36. The lowest BCUT2D eigenvalue weighted by Gasteiger charge is -2.47. The van der Waals surface area contributed by atoms with Gasteiger partial charge in [-0.3, -0.25) is 4.90 Å². The normalized spacial score (nSPS) is 28.1. The minimum atomic E-state index is -0.814. The summed E-state index contributed by atoms with van der Waals surface area (Å²) in [4.78, 5) is 14.6. The van der Waals surface area contributed by atoms with Crippen LogP contribution < -0.4 is 0 Å². The Bertz CT molecular complexity index is 865. The van der Waals surface area contributed by atoms with E-state index >= 15 is 0 Å². The second kappa shape index (κ2) is 8.01. The Morgan fingerprint density at radius 2 is 1.83 bits per heavy atom. The third kappa shape index (κ3) is 3.67. The zero-order chi connectivity index (χ0) is 20.8. The Labute approximate surface area is 179 Å².